The molecule has 0 amide bonds. The van der Waals surface area contributed by atoms with E-state index in [9.17, 15) is 9.59 Å². The summed E-state index contributed by atoms with van der Waals surface area (Å²) >= 11 is 0. The molecule has 0 saturated carbocycles. The maximum absolute atomic E-state index is 11.5. The number of pyridine rings is 1. The molecule has 0 unspecified atom stereocenters. The Morgan fingerprint density at radius 2 is 2.12 bits per heavy atom. The lowest BCUT2D eigenvalue weighted by Gasteiger charge is -2.05. The maximum atomic E-state index is 11.5. The third-order valence-electron chi connectivity index (χ3n) is 2.27. The van der Waals surface area contributed by atoms with Crippen LogP contribution in [0.4, 0.5) is 5.82 Å². The third-order valence-corrected chi connectivity index (χ3v) is 2.27. The first-order chi connectivity index (χ1) is 8.19. The molecule has 0 aliphatic carbocycles. The summed E-state index contributed by atoms with van der Waals surface area (Å²) < 4.78 is 1.23. The molecule has 6 nitrogen and oxygen atoms in total. The van der Waals surface area contributed by atoms with Gasteiger partial charge in [-0.1, -0.05) is 6.07 Å². The maximum Gasteiger partial charge on any atom is 0.265 e. The van der Waals surface area contributed by atoms with Crippen LogP contribution >= 0.6 is 0 Å². The van der Waals surface area contributed by atoms with E-state index in [0.29, 0.717) is 11.5 Å². The number of nitrogens with one attached hydrogen (secondary N) is 2. The van der Waals surface area contributed by atoms with Gasteiger partial charge in [0.2, 0.25) is 0 Å². The van der Waals surface area contributed by atoms with Crippen LogP contribution in [0.5, 0.6) is 0 Å². The van der Waals surface area contributed by atoms with Crippen LogP contribution in [-0.2, 0) is 6.54 Å². The van der Waals surface area contributed by atoms with Crippen molar-refractivity contribution in [3.63, 3.8) is 0 Å². The topological polar surface area (TPSA) is 79.8 Å². The molecule has 88 valence electrons. The minimum absolute atomic E-state index is 0.241. The normalized spacial score (nSPS) is 10.2. The zero-order valence-corrected chi connectivity index (χ0v) is 9.30. The molecule has 0 aliphatic rings. The smallest absolute Gasteiger partial charge is 0.265 e. The SMILES string of the molecule is CNc1cccc(Cn2[nH]c(=O)ccc2=O)n1. The highest BCUT2D eigenvalue weighted by Gasteiger charge is 2.00. The van der Waals surface area contributed by atoms with Gasteiger partial charge in [-0.05, 0) is 12.1 Å². The average molecular weight is 232 g/mol. The lowest BCUT2D eigenvalue weighted by molar-refractivity contribution is 0.617. The quantitative estimate of drug-likeness (QED) is 0.782. The largest absolute Gasteiger partial charge is 0.373 e. The highest BCUT2D eigenvalue weighted by atomic mass is 16.1. The van der Waals surface area contributed by atoms with E-state index in [1.54, 1.807) is 13.1 Å². The predicted molar refractivity (Wildman–Crippen MR) is 64.2 cm³/mol. The predicted octanol–water partition coefficient (Wildman–Crippen LogP) is 0.0216. The molecule has 0 atom stereocenters. The van der Waals surface area contributed by atoms with E-state index < -0.39 is 0 Å². The van der Waals surface area contributed by atoms with Crippen LogP contribution in [0.1, 0.15) is 5.69 Å². The van der Waals surface area contributed by atoms with Crippen LogP contribution < -0.4 is 16.4 Å². The Hall–Kier alpha value is -2.37. The van der Waals surface area contributed by atoms with Gasteiger partial charge in [0.05, 0.1) is 12.2 Å². The Labute approximate surface area is 96.9 Å². The van der Waals surface area contributed by atoms with Crippen LogP contribution in [0.25, 0.3) is 0 Å². The Morgan fingerprint density at radius 3 is 2.88 bits per heavy atom. The van der Waals surface area contributed by atoms with E-state index in [1.165, 1.54) is 16.8 Å². The lowest BCUT2D eigenvalue weighted by atomic mass is 10.3. The first-order valence-corrected chi connectivity index (χ1v) is 5.13. The first-order valence-electron chi connectivity index (χ1n) is 5.13. The summed E-state index contributed by atoms with van der Waals surface area (Å²) in [7, 11) is 1.77. The van der Waals surface area contributed by atoms with Gasteiger partial charge in [0.25, 0.3) is 11.1 Å². The molecule has 2 rings (SSSR count). The van der Waals surface area contributed by atoms with E-state index in [-0.39, 0.29) is 17.7 Å². The Kier molecular flexibility index (Phi) is 3.04. The number of aromatic nitrogens is 3. The summed E-state index contributed by atoms with van der Waals surface area (Å²) in [5.41, 5.74) is 0.122. The Balaban J connectivity index is 2.34. The van der Waals surface area contributed by atoms with Crippen molar-refractivity contribution in [1.82, 2.24) is 14.8 Å². The van der Waals surface area contributed by atoms with Crippen molar-refractivity contribution in [3.8, 4) is 0 Å². The molecule has 0 aromatic carbocycles. The molecule has 17 heavy (non-hydrogen) atoms. The van der Waals surface area contributed by atoms with Gasteiger partial charge in [-0.25, -0.2) is 9.67 Å². The van der Waals surface area contributed by atoms with E-state index in [1.807, 2.05) is 12.1 Å². The fraction of sp³-hybridized carbons (Fsp3) is 0.182. The molecule has 0 saturated heterocycles. The van der Waals surface area contributed by atoms with Gasteiger partial charge in [0.1, 0.15) is 5.82 Å². The molecule has 0 bridgehead atoms. The molecule has 2 N–H and O–H groups in total. The van der Waals surface area contributed by atoms with Crippen molar-refractivity contribution in [2.75, 3.05) is 12.4 Å². The lowest BCUT2D eigenvalue weighted by Crippen LogP contribution is -2.28. The van der Waals surface area contributed by atoms with Gasteiger partial charge in [-0.2, -0.15) is 0 Å². The van der Waals surface area contributed by atoms with Gasteiger partial charge < -0.3 is 5.32 Å². The van der Waals surface area contributed by atoms with E-state index in [4.69, 9.17) is 0 Å². The van der Waals surface area contributed by atoms with Gasteiger partial charge in [0, 0.05) is 19.2 Å². The first kappa shape index (κ1) is 11.1. The summed E-state index contributed by atoms with van der Waals surface area (Å²) in [6.07, 6.45) is 0. The molecular formula is C11H12N4O2. The van der Waals surface area contributed by atoms with Gasteiger partial charge in [-0.3, -0.25) is 14.7 Å². The summed E-state index contributed by atoms with van der Waals surface area (Å²) in [6.45, 7) is 0.241. The second-order valence-corrected chi connectivity index (χ2v) is 3.50. The molecule has 0 aliphatic heterocycles. The third kappa shape index (κ3) is 2.60. The van der Waals surface area contributed by atoms with Crippen molar-refractivity contribution >= 4 is 5.82 Å². The van der Waals surface area contributed by atoms with E-state index >= 15 is 0 Å². The summed E-state index contributed by atoms with van der Waals surface area (Å²) in [6, 6.07) is 7.88. The molecule has 0 spiro atoms. The van der Waals surface area contributed by atoms with Gasteiger partial charge >= 0.3 is 0 Å². The molecule has 0 radical (unpaired) electrons. The van der Waals surface area contributed by atoms with E-state index in [2.05, 4.69) is 15.4 Å². The number of H-pyrrole nitrogens is 1. The number of aromatic amines is 1. The van der Waals surface area contributed by atoms with Crippen molar-refractivity contribution in [2.45, 2.75) is 6.54 Å². The second-order valence-electron chi connectivity index (χ2n) is 3.50. The number of rotatable bonds is 3. The van der Waals surface area contributed by atoms with Crippen LogP contribution in [0.15, 0.2) is 39.9 Å². The number of hydrogen-bond acceptors (Lipinski definition) is 4. The fourth-order valence-corrected chi connectivity index (χ4v) is 1.45. The molecule has 2 heterocycles. The Bertz CT molecular complexity index is 630. The van der Waals surface area contributed by atoms with Gasteiger partial charge in [-0.15, -0.1) is 0 Å². The van der Waals surface area contributed by atoms with Crippen LogP contribution in [0.3, 0.4) is 0 Å². The van der Waals surface area contributed by atoms with Gasteiger partial charge in [0.15, 0.2) is 0 Å². The fourth-order valence-electron chi connectivity index (χ4n) is 1.45. The van der Waals surface area contributed by atoms with Crippen LogP contribution in [-0.4, -0.2) is 21.8 Å². The van der Waals surface area contributed by atoms with Crippen molar-refractivity contribution in [3.05, 3.63) is 56.7 Å². The highest BCUT2D eigenvalue weighted by molar-refractivity contribution is 5.34. The van der Waals surface area contributed by atoms with Crippen LogP contribution in [0, 0.1) is 0 Å². The summed E-state index contributed by atoms with van der Waals surface area (Å²) in [4.78, 5) is 26.9. The van der Waals surface area contributed by atoms with Crippen LogP contribution in [0.2, 0.25) is 0 Å². The van der Waals surface area contributed by atoms with Crippen molar-refractivity contribution in [1.29, 1.82) is 0 Å². The summed E-state index contributed by atoms with van der Waals surface area (Å²) in [5.74, 6) is 0.717. The molecule has 6 heteroatoms. The van der Waals surface area contributed by atoms with E-state index in [0.717, 1.165) is 0 Å². The second kappa shape index (κ2) is 4.65. The monoisotopic (exact) mass is 232 g/mol. The number of hydrogen-bond donors (Lipinski definition) is 2. The molecular weight excluding hydrogens is 220 g/mol. The van der Waals surface area contributed by atoms with Crippen molar-refractivity contribution in [2.24, 2.45) is 0 Å². The number of anilines is 1. The zero-order chi connectivity index (χ0) is 12.3. The Morgan fingerprint density at radius 1 is 1.29 bits per heavy atom. The minimum atomic E-state index is -0.311. The standard InChI is InChI=1S/C11H12N4O2/c1-12-9-4-2-3-8(13-9)7-15-11(17)6-5-10(16)14-15/h2-6H,7H2,1H3,(H,12,13)(H,14,16). The number of nitrogens with zero attached hydrogens (tertiary/aromatic N) is 2. The molecule has 2 aromatic rings. The average Bonchev–Trinajstić information content (AvgIpc) is 2.34. The van der Waals surface area contributed by atoms with Crippen molar-refractivity contribution < 1.29 is 0 Å². The summed E-state index contributed by atoms with van der Waals surface area (Å²) in [5, 5.41) is 5.36. The molecule has 2 aromatic heterocycles. The zero-order valence-electron chi connectivity index (χ0n) is 9.30. The molecule has 0 fully saturated rings. The minimum Gasteiger partial charge on any atom is -0.373 e. The highest BCUT2D eigenvalue weighted by Crippen LogP contribution is 2.03.